The van der Waals surface area contributed by atoms with E-state index in [1.165, 1.54) is 6.42 Å². The molecule has 0 aromatic heterocycles. The van der Waals surface area contributed by atoms with Crippen LogP contribution in [0.1, 0.15) is 34.1 Å². The summed E-state index contributed by atoms with van der Waals surface area (Å²) >= 11 is 0. The van der Waals surface area contributed by atoms with Crippen LogP contribution in [-0.2, 0) is 4.74 Å². The third kappa shape index (κ3) is 7.89. The molecular weight excluding hydrogens is 250 g/mol. The summed E-state index contributed by atoms with van der Waals surface area (Å²) < 4.78 is 4.54. The number of rotatable bonds is 7. The van der Waals surface area contributed by atoms with E-state index in [4.69, 9.17) is 5.73 Å². The topological polar surface area (TPSA) is 59.3 Å². The first kappa shape index (κ1) is 18.6. The van der Waals surface area contributed by atoms with E-state index in [-0.39, 0.29) is 0 Å². The molecule has 0 saturated heterocycles. The van der Waals surface area contributed by atoms with Crippen LogP contribution in [0.3, 0.4) is 0 Å². The molecule has 0 amide bonds. The van der Waals surface area contributed by atoms with Gasteiger partial charge in [-0.2, -0.15) is 0 Å². The fourth-order valence-electron chi connectivity index (χ4n) is 1.47. The number of ether oxygens (including phenoxy) is 1. The smallest absolute Gasteiger partial charge is 0.0575 e. The van der Waals surface area contributed by atoms with Crippen LogP contribution in [-0.4, -0.2) is 26.8 Å². The largest absolute Gasteiger partial charge is 0.397 e. The average molecular weight is 281 g/mol. The Morgan fingerprint density at radius 3 is 2.30 bits per heavy atom. The molecule has 116 valence electrons. The van der Waals surface area contributed by atoms with Crippen LogP contribution < -0.4 is 16.4 Å². The highest BCUT2D eigenvalue weighted by Crippen LogP contribution is 2.23. The van der Waals surface area contributed by atoms with E-state index >= 15 is 0 Å². The maximum Gasteiger partial charge on any atom is 0.0575 e. The Bertz CT molecular complexity index is 354. The average Bonchev–Trinajstić information content (AvgIpc) is 2.46. The molecule has 20 heavy (non-hydrogen) atoms. The number of anilines is 3. The van der Waals surface area contributed by atoms with Crippen LogP contribution in [0, 0.1) is 5.92 Å². The third-order valence-electron chi connectivity index (χ3n) is 3.06. The monoisotopic (exact) mass is 281 g/mol. The van der Waals surface area contributed by atoms with Crippen molar-refractivity contribution in [2.24, 2.45) is 5.92 Å². The predicted octanol–water partition coefficient (Wildman–Crippen LogP) is 3.81. The normalized spacial score (nSPS) is 11.2. The Hall–Kier alpha value is -1.42. The number of nitrogen functional groups attached to an aromatic ring is 1. The van der Waals surface area contributed by atoms with Crippen molar-refractivity contribution in [1.82, 2.24) is 0 Å². The molecular formula is C16H31N3O. The maximum atomic E-state index is 5.98. The fraction of sp³-hybridized carbons (Fsp3) is 0.625. The Labute approximate surface area is 124 Å². The zero-order valence-electron chi connectivity index (χ0n) is 13.6. The fourth-order valence-corrected chi connectivity index (χ4v) is 1.47. The van der Waals surface area contributed by atoms with Crippen LogP contribution in [0.15, 0.2) is 18.2 Å². The van der Waals surface area contributed by atoms with Crippen molar-refractivity contribution in [2.45, 2.75) is 34.1 Å². The zero-order valence-corrected chi connectivity index (χ0v) is 13.6. The minimum Gasteiger partial charge on any atom is -0.397 e. The van der Waals surface area contributed by atoms with Gasteiger partial charge in [0, 0.05) is 32.5 Å². The Morgan fingerprint density at radius 2 is 1.85 bits per heavy atom. The summed E-state index contributed by atoms with van der Waals surface area (Å²) in [7, 11) is 1.68. The standard InChI is InChI=1S/C13H23N3.C3H8O/c1-4-10(3)9-16-13-7-6-11(15-5-2)8-12(13)14;1-3-4-2/h6-8,10,15-16H,4-5,9,14H2,1-3H3;3H2,1-2H3. The molecule has 0 spiro atoms. The number of hydrogen-bond donors (Lipinski definition) is 3. The van der Waals surface area contributed by atoms with E-state index in [1.54, 1.807) is 7.11 Å². The molecule has 1 unspecified atom stereocenters. The molecule has 0 radical (unpaired) electrons. The summed E-state index contributed by atoms with van der Waals surface area (Å²) in [6.07, 6.45) is 1.18. The number of benzene rings is 1. The van der Waals surface area contributed by atoms with Gasteiger partial charge in [0.05, 0.1) is 11.4 Å². The van der Waals surface area contributed by atoms with E-state index in [9.17, 15) is 0 Å². The molecule has 0 saturated carbocycles. The highest BCUT2D eigenvalue weighted by atomic mass is 16.5. The van der Waals surface area contributed by atoms with Gasteiger partial charge >= 0.3 is 0 Å². The van der Waals surface area contributed by atoms with Gasteiger partial charge in [-0.15, -0.1) is 0 Å². The van der Waals surface area contributed by atoms with Crippen LogP contribution in [0.4, 0.5) is 17.1 Å². The first-order valence-electron chi connectivity index (χ1n) is 7.45. The molecule has 4 heteroatoms. The van der Waals surface area contributed by atoms with E-state index in [0.717, 1.165) is 36.8 Å². The Kier molecular flexibility index (Phi) is 10.6. The summed E-state index contributed by atoms with van der Waals surface area (Å²) in [6.45, 7) is 11.2. The Balaban J connectivity index is 0.000000796. The zero-order chi connectivity index (χ0) is 15.4. The quantitative estimate of drug-likeness (QED) is 0.665. The van der Waals surface area contributed by atoms with Crippen LogP contribution in [0.2, 0.25) is 0 Å². The summed E-state index contributed by atoms with van der Waals surface area (Å²) in [5.41, 5.74) is 8.89. The minimum atomic E-state index is 0.674. The van der Waals surface area contributed by atoms with Gasteiger partial charge in [-0.1, -0.05) is 20.3 Å². The van der Waals surface area contributed by atoms with Crippen molar-refractivity contribution < 1.29 is 4.74 Å². The second-order valence-corrected chi connectivity index (χ2v) is 4.80. The molecule has 1 rings (SSSR count). The highest BCUT2D eigenvalue weighted by Gasteiger charge is 2.02. The molecule has 4 nitrogen and oxygen atoms in total. The van der Waals surface area contributed by atoms with Gasteiger partial charge in [0.2, 0.25) is 0 Å². The van der Waals surface area contributed by atoms with Crippen LogP contribution in [0.5, 0.6) is 0 Å². The minimum absolute atomic E-state index is 0.674. The van der Waals surface area contributed by atoms with Gasteiger partial charge in [-0.3, -0.25) is 0 Å². The first-order chi connectivity index (χ1) is 9.58. The number of methoxy groups -OCH3 is 1. The van der Waals surface area contributed by atoms with Crippen LogP contribution in [0.25, 0.3) is 0 Å². The second-order valence-electron chi connectivity index (χ2n) is 4.80. The van der Waals surface area contributed by atoms with Crippen molar-refractivity contribution in [3.8, 4) is 0 Å². The number of nitrogens with two attached hydrogens (primary N) is 1. The lowest BCUT2D eigenvalue weighted by Crippen LogP contribution is -2.11. The molecule has 0 aliphatic rings. The highest BCUT2D eigenvalue weighted by molar-refractivity contribution is 5.71. The molecule has 4 N–H and O–H groups in total. The van der Waals surface area contributed by atoms with Crippen molar-refractivity contribution >= 4 is 17.1 Å². The summed E-state index contributed by atoms with van der Waals surface area (Å²) in [6, 6.07) is 6.07. The van der Waals surface area contributed by atoms with E-state index in [2.05, 4.69) is 42.2 Å². The Morgan fingerprint density at radius 1 is 1.20 bits per heavy atom. The summed E-state index contributed by atoms with van der Waals surface area (Å²) in [4.78, 5) is 0. The second kappa shape index (κ2) is 11.4. The van der Waals surface area contributed by atoms with E-state index < -0.39 is 0 Å². The van der Waals surface area contributed by atoms with Crippen molar-refractivity contribution in [1.29, 1.82) is 0 Å². The maximum absolute atomic E-state index is 5.98. The number of nitrogens with one attached hydrogen (secondary N) is 2. The molecule has 0 aliphatic carbocycles. The predicted molar refractivity (Wildman–Crippen MR) is 90.5 cm³/mol. The molecule has 0 heterocycles. The van der Waals surface area contributed by atoms with Gasteiger partial charge in [0.15, 0.2) is 0 Å². The van der Waals surface area contributed by atoms with Gasteiger partial charge < -0.3 is 21.1 Å². The van der Waals surface area contributed by atoms with Gasteiger partial charge in [-0.25, -0.2) is 0 Å². The molecule has 0 bridgehead atoms. The molecule has 1 aromatic carbocycles. The van der Waals surface area contributed by atoms with Gasteiger partial charge in [-0.05, 0) is 38.0 Å². The molecule has 1 atom stereocenters. The van der Waals surface area contributed by atoms with E-state index in [1.807, 2.05) is 19.1 Å². The van der Waals surface area contributed by atoms with Crippen LogP contribution >= 0.6 is 0 Å². The van der Waals surface area contributed by atoms with E-state index in [0.29, 0.717) is 5.92 Å². The lowest BCUT2D eigenvalue weighted by Gasteiger charge is -2.14. The van der Waals surface area contributed by atoms with Gasteiger partial charge in [0.25, 0.3) is 0 Å². The van der Waals surface area contributed by atoms with Crippen molar-refractivity contribution in [3.63, 3.8) is 0 Å². The van der Waals surface area contributed by atoms with Crippen molar-refractivity contribution in [3.05, 3.63) is 18.2 Å². The third-order valence-corrected chi connectivity index (χ3v) is 3.06. The SMILES string of the molecule is CCNc1ccc(NCC(C)CC)c(N)c1.CCOC. The lowest BCUT2D eigenvalue weighted by atomic mass is 10.1. The summed E-state index contributed by atoms with van der Waals surface area (Å²) in [5.74, 6) is 0.674. The lowest BCUT2D eigenvalue weighted by molar-refractivity contribution is 0.215. The molecule has 0 aliphatic heterocycles. The van der Waals surface area contributed by atoms with Gasteiger partial charge in [0.1, 0.15) is 0 Å². The first-order valence-corrected chi connectivity index (χ1v) is 7.45. The van der Waals surface area contributed by atoms with Crippen molar-refractivity contribution in [2.75, 3.05) is 43.2 Å². The molecule has 1 aromatic rings. The number of hydrogen-bond acceptors (Lipinski definition) is 4. The summed E-state index contributed by atoms with van der Waals surface area (Å²) in [5, 5.41) is 6.62. The molecule has 0 fully saturated rings.